The van der Waals surface area contributed by atoms with Gasteiger partial charge in [-0.1, -0.05) is 19.9 Å². The first-order valence-electron chi connectivity index (χ1n) is 7.88. The highest BCUT2D eigenvalue weighted by Crippen LogP contribution is 2.20. The maximum Gasteiger partial charge on any atom is 0.221 e. The highest BCUT2D eigenvalue weighted by atomic mass is 16.1. The van der Waals surface area contributed by atoms with Crippen molar-refractivity contribution in [1.82, 2.24) is 10.6 Å². The van der Waals surface area contributed by atoms with Gasteiger partial charge in [0.25, 0.3) is 0 Å². The highest BCUT2D eigenvalue weighted by Gasteiger charge is 2.14. The zero-order chi connectivity index (χ0) is 15.2. The molecule has 0 aromatic heterocycles. The van der Waals surface area contributed by atoms with Crippen molar-refractivity contribution in [1.29, 1.82) is 0 Å². The summed E-state index contributed by atoms with van der Waals surface area (Å²) in [7, 11) is 0. The maximum absolute atomic E-state index is 11.4. The number of nitrogens with zero attached hydrogens (tertiary/aromatic N) is 1. The predicted octanol–water partition coefficient (Wildman–Crippen LogP) is 2.07. The highest BCUT2D eigenvalue weighted by molar-refractivity contribution is 5.77. The van der Waals surface area contributed by atoms with E-state index in [1.807, 2.05) is 0 Å². The van der Waals surface area contributed by atoms with E-state index in [4.69, 9.17) is 0 Å². The van der Waals surface area contributed by atoms with Crippen LogP contribution in [0.2, 0.25) is 0 Å². The van der Waals surface area contributed by atoms with Crippen molar-refractivity contribution < 1.29 is 4.79 Å². The van der Waals surface area contributed by atoms with Crippen molar-refractivity contribution in [3.05, 3.63) is 29.3 Å². The summed E-state index contributed by atoms with van der Waals surface area (Å²) < 4.78 is 0. The molecule has 2 N–H and O–H groups in total. The first-order valence-corrected chi connectivity index (χ1v) is 7.88. The molecule has 1 aliphatic heterocycles. The largest absolute Gasteiger partial charge is 0.369 e. The normalized spacial score (nSPS) is 16.0. The van der Waals surface area contributed by atoms with Crippen LogP contribution in [-0.2, 0) is 11.3 Å². The van der Waals surface area contributed by atoms with Crippen LogP contribution < -0.4 is 15.5 Å². The van der Waals surface area contributed by atoms with Gasteiger partial charge in [0.2, 0.25) is 5.91 Å². The Labute approximate surface area is 127 Å². The number of carbonyl (C=O) groups excluding carboxylic acids is 1. The number of rotatable bonds is 5. The molecule has 2 rings (SSSR count). The first kappa shape index (κ1) is 15.8. The molecule has 0 atom stereocenters. The van der Waals surface area contributed by atoms with Gasteiger partial charge in [0, 0.05) is 38.3 Å². The number of hydrogen-bond donors (Lipinski definition) is 2. The number of hydrogen-bond acceptors (Lipinski definition) is 3. The van der Waals surface area contributed by atoms with E-state index in [2.05, 4.69) is 54.5 Å². The van der Waals surface area contributed by atoms with Crippen molar-refractivity contribution in [2.24, 2.45) is 5.92 Å². The number of aryl methyl sites for hydroxylation is 1. The molecule has 0 aliphatic carbocycles. The Morgan fingerprint density at radius 1 is 1.33 bits per heavy atom. The van der Waals surface area contributed by atoms with Crippen LogP contribution in [0.25, 0.3) is 0 Å². The Hall–Kier alpha value is -1.55. The van der Waals surface area contributed by atoms with Gasteiger partial charge in [0.15, 0.2) is 0 Å². The number of anilines is 1. The average molecular weight is 289 g/mol. The van der Waals surface area contributed by atoms with Gasteiger partial charge < -0.3 is 15.5 Å². The van der Waals surface area contributed by atoms with E-state index in [1.54, 1.807) is 0 Å². The van der Waals surface area contributed by atoms with Crippen LogP contribution in [0.1, 0.15) is 31.4 Å². The molecule has 1 aromatic rings. The molecule has 1 aliphatic rings. The minimum absolute atomic E-state index is 0.156. The van der Waals surface area contributed by atoms with Gasteiger partial charge in [-0.05, 0) is 42.6 Å². The van der Waals surface area contributed by atoms with Gasteiger partial charge in [0.1, 0.15) is 0 Å². The maximum atomic E-state index is 11.4. The second-order valence-corrected chi connectivity index (χ2v) is 6.22. The molecule has 0 saturated carbocycles. The number of benzene rings is 1. The van der Waals surface area contributed by atoms with Crippen LogP contribution >= 0.6 is 0 Å². The molecule has 1 heterocycles. The first-order chi connectivity index (χ1) is 10.1. The molecule has 4 heteroatoms. The van der Waals surface area contributed by atoms with Crippen molar-refractivity contribution in [2.45, 2.75) is 33.7 Å². The van der Waals surface area contributed by atoms with Gasteiger partial charge in [-0.3, -0.25) is 4.79 Å². The summed E-state index contributed by atoms with van der Waals surface area (Å²) in [5.41, 5.74) is 3.88. The fourth-order valence-corrected chi connectivity index (χ4v) is 2.60. The third kappa shape index (κ3) is 4.74. The monoisotopic (exact) mass is 289 g/mol. The molecule has 0 radical (unpaired) electrons. The fourth-order valence-electron chi connectivity index (χ4n) is 2.60. The second kappa shape index (κ2) is 7.46. The fraction of sp³-hybridized carbons (Fsp3) is 0.588. The van der Waals surface area contributed by atoms with Gasteiger partial charge in [-0.2, -0.15) is 0 Å². The predicted molar refractivity (Wildman–Crippen MR) is 87.6 cm³/mol. The third-order valence-electron chi connectivity index (χ3n) is 3.87. The van der Waals surface area contributed by atoms with Crippen molar-refractivity contribution >= 4 is 11.6 Å². The van der Waals surface area contributed by atoms with Crippen LogP contribution in [0.15, 0.2) is 18.2 Å². The van der Waals surface area contributed by atoms with Gasteiger partial charge in [0.05, 0.1) is 0 Å². The summed E-state index contributed by atoms with van der Waals surface area (Å²) >= 11 is 0. The summed E-state index contributed by atoms with van der Waals surface area (Å²) in [5, 5.41) is 6.41. The van der Waals surface area contributed by atoms with E-state index in [0.29, 0.717) is 12.3 Å². The number of nitrogens with one attached hydrogen (secondary N) is 2. The average Bonchev–Trinajstić information content (AvgIpc) is 2.65. The smallest absolute Gasteiger partial charge is 0.221 e. The van der Waals surface area contributed by atoms with Gasteiger partial charge >= 0.3 is 0 Å². The molecule has 1 aromatic carbocycles. The minimum atomic E-state index is 0.156. The lowest BCUT2D eigenvalue weighted by Gasteiger charge is -2.23. The quantitative estimate of drug-likeness (QED) is 0.872. The Kier molecular flexibility index (Phi) is 5.62. The third-order valence-corrected chi connectivity index (χ3v) is 3.87. The molecular weight excluding hydrogens is 262 g/mol. The zero-order valence-electron chi connectivity index (χ0n) is 13.4. The minimum Gasteiger partial charge on any atom is -0.369 e. The summed E-state index contributed by atoms with van der Waals surface area (Å²) in [6.45, 7) is 11.0. The van der Waals surface area contributed by atoms with E-state index in [0.717, 1.165) is 32.7 Å². The Morgan fingerprint density at radius 2 is 2.14 bits per heavy atom. The molecule has 0 unspecified atom stereocenters. The summed E-state index contributed by atoms with van der Waals surface area (Å²) in [5.74, 6) is 0.829. The number of carbonyl (C=O) groups is 1. The summed E-state index contributed by atoms with van der Waals surface area (Å²) in [6, 6.07) is 6.62. The Morgan fingerprint density at radius 3 is 2.86 bits per heavy atom. The Balaban J connectivity index is 1.99. The lowest BCUT2D eigenvalue weighted by molar-refractivity contribution is -0.120. The van der Waals surface area contributed by atoms with Gasteiger partial charge in [-0.15, -0.1) is 0 Å². The molecule has 0 bridgehead atoms. The Bertz CT molecular complexity index is 485. The van der Waals surface area contributed by atoms with E-state index in [-0.39, 0.29) is 5.91 Å². The zero-order valence-corrected chi connectivity index (χ0v) is 13.4. The van der Waals surface area contributed by atoms with Crippen LogP contribution in [0.5, 0.6) is 0 Å². The van der Waals surface area contributed by atoms with Crippen LogP contribution in [0.3, 0.4) is 0 Å². The molecule has 21 heavy (non-hydrogen) atoms. The second-order valence-electron chi connectivity index (χ2n) is 6.22. The molecule has 1 saturated heterocycles. The van der Waals surface area contributed by atoms with E-state index in [1.165, 1.54) is 16.8 Å². The van der Waals surface area contributed by atoms with Crippen LogP contribution in [0, 0.1) is 12.8 Å². The molecule has 1 amide bonds. The van der Waals surface area contributed by atoms with Crippen LogP contribution in [-0.4, -0.2) is 32.1 Å². The van der Waals surface area contributed by atoms with Crippen molar-refractivity contribution in [3.63, 3.8) is 0 Å². The van der Waals surface area contributed by atoms with Crippen molar-refractivity contribution in [2.75, 3.05) is 31.1 Å². The van der Waals surface area contributed by atoms with Gasteiger partial charge in [-0.25, -0.2) is 0 Å². The van der Waals surface area contributed by atoms with E-state index < -0.39 is 0 Å². The lowest BCUT2D eigenvalue weighted by Crippen LogP contribution is -2.28. The number of amides is 1. The lowest BCUT2D eigenvalue weighted by atomic mass is 10.1. The molecular formula is C17H27N3O. The molecule has 0 spiro atoms. The van der Waals surface area contributed by atoms with Crippen LogP contribution in [0.4, 0.5) is 5.69 Å². The summed E-state index contributed by atoms with van der Waals surface area (Å²) in [4.78, 5) is 13.7. The topological polar surface area (TPSA) is 44.4 Å². The molecule has 116 valence electrons. The van der Waals surface area contributed by atoms with E-state index in [9.17, 15) is 4.79 Å². The molecule has 4 nitrogen and oxygen atoms in total. The SMILES string of the molecule is Cc1cc(N2CCNC(=O)CC2)ccc1CNCC(C)C. The standard InChI is InChI=1S/C17H27N3O/c1-13(2)11-18-12-15-4-5-16(10-14(15)3)20-8-6-17(21)19-7-9-20/h4-5,10,13,18H,6-9,11-12H2,1-3H3,(H,19,21). The summed E-state index contributed by atoms with van der Waals surface area (Å²) in [6.07, 6.45) is 0.580. The molecule has 1 fully saturated rings. The van der Waals surface area contributed by atoms with Crippen molar-refractivity contribution in [3.8, 4) is 0 Å². The van der Waals surface area contributed by atoms with E-state index >= 15 is 0 Å².